The maximum atomic E-state index is 9.66. The number of nitrogens with one attached hydrogen (secondary N) is 2. The number of hydrogen-bond donors (Lipinski definition) is 6. The number of carboxylic acids is 2. The lowest BCUT2D eigenvalue weighted by molar-refractivity contribution is -0.134. The van der Waals surface area contributed by atoms with E-state index >= 15 is 0 Å². The van der Waals surface area contributed by atoms with Crippen LogP contribution in [-0.4, -0.2) is 76.2 Å². The van der Waals surface area contributed by atoms with Crippen LogP contribution >= 0.6 is 0 Å². The van der Waals surface area contributed by atoms with E-state index in [4.69, 9.17) is 15.3 Å². The first kappa shape index (κ1) is 29.7. The van der Waals surface area contributed by atoms with Gasteiger partial charge in [0.25, 0.3) is 0 Å². The second-order valence-corrected chi connectivity index (χ2v) is 8.85. The summed E-state index contributed by atoms with van der Waals surface area (Å²) in [5, 5.41) is 45.1. The monoisotopic (exact) mass is 549 g/mol. The van der Waals surface area contributed by atoms with Crippen molar-refractivity contribution in [1.29, 1.82) is 0 Å². The maximum Gasteiger partial charge on any atom is 0.328 e. The molecule has 0 saturated heterocycles. The maximum absolute atomic E-state index is 9.66. The normalized spacial score (nSPS) is 11.7. The Morgan fingerprint density at radius 1 is 1.00 bits per heavy atom. The average molecular weight is 550 g/mol. The molecule has 0 unspecified atom stereocenters. The van der Waals surface area contributed by atoms with Crippen LogP contribution in [0.3, 0.4) is 0 Å². The Labute approximate surface area is 229 Å². The highest BCUT2D eigenvalue weighted by atomic mass is 16.4. The molecule has 4 rings (SSSR count). The third-order valence-electron chi connectivity index (χ3n) is 5.46. The largest absolute Gasteiger partial charge is 0.478 e. The predicted molar refractivity (Wildman–Crippen MR) is 148 cm³/mol. The summed E-state index contributed by atoms with van der Waals surface area (Å²) in [6, 6.07) is 14.0. The van der Waals surface area contributed by atoms with Gasteiger partial charge in [-0.3, -0.25) is 4.98 Å². The van der Waals surface area contributed by atoms with Crippen molar-refractivity contribution in [2.24, 2.45) is 0 Å². The van der Waals surface area contributed by atoms with Crippen LogP contribution in [0.25, 0.3) is 16.9 Å². The molecule has 0 aliphatic rings. The number of aliphatic carboxylic acids is 2. The summed E-state index contributed by atoms with van der Waals surface area (Å²) < 4.78 is 1.69. The van der Waals surface area contributed by atoms with Crippen LogP contribution in [0.2, 0.25) is 0 Å². The predicted octanol–water partition coefficient (Wildman–Crippen LogP) is 2.40. The van der Waals surface area contributed by atoms with Crippen molar-refractivity contribution in [3.63, 3.8) is 0 Å². The van der Waals surface area contributed by atoms with Crippen molar-refractivity contribution >= 4 is 29.5 Å². The van der Waals surface area contributed by atoms with E-state index in [0.29, 0.717) is 36.2 Å². The van der Waals surface area contributed by atoms with Gasteiger partial charge in [-0.25, -0.2) is 9.59 Å². The van der Waals surface area contributed by atoms with Crippen LogP contribution in [-0.2, 0) is 16.1 Å². The first-order valence-corrected chi connectivity index (χ1v) is 12.3. The van der Waals surface area contributed by atoms with Crippen molar-refractivity contribution in [2.45, 2.75) is 32.4 Å². The molecule has 0 fully saturated rings. The number of anilines is 2. The number of fused-ring (bicyclic) bond motifs is 1. The minimum absolute atomic E-state index is 0.145. The Morgan fingerprint density at radius 2 is 1.70 bits per heavy atom. The number of aliphatic hydroxyl groups excluding tert-OH is 2. The number of aliphatic hydroxyl groups is 2. The highest BCUT2D eigenvalue weighted by Gasteiger charge is 2.15. The molecule has 1 aromatic carbocycles. The number of carboxylic acid groups (broad SMARTS) is 2. The Morgan fingerprint density at radius 3 is 2.27 bits per heavy atom. The molecular formula is C27H31N7O6. The number of rotatable bonds is 11. The van der Waals surface area contributed by atoms with Gasteiger partial charge in [0, 0.05) is 42.6 Å². The number of carbonyl (C=O) groups is 2. The second-order valence-electron chi connectivity index (χ2n) is 8.85. The molecular weight excluding hydrogens is 518 g/mol. The molecule has 4 aromatic rings. The van der Waals surface area contributed by atoms with E-state index in [2.05, 4.69) is 56.7 Å². The summed E-state index contributed by atoms with van der Waals surface area (Å²) in [6.07, 6.45) is 3.81. The topological polar surface area (TPSA) is 195 Å². The van der Waals surface area contributed by atoms with Gasteiger partial charge in [0.2, 0.25) is 11.9 Å². The first-order chi connectivity index (χ1) is 19.2. The molecule has 0 radical (unpaired) electrons. The fourth-order valence-corrected chi connectivity index (χ4v) is 3.42. The highest BCUT2D eigenvalue weighted by molar-refractivity contribution is 5.89. The molecule has 0 bridgehead atoms. The Kier molecular flexibility index (Phi) is 10.6. The fraction of sp³-hybridized carbons (Fsp3) is 0.259. The van der Waals surface area contributed by atoms with E-state index in [0.717, 1.165) is 22.4 Å². The van der Waals surface area contributed by atoms with Crippen molar-refractivity contribution < 1.29 is 30.0 Å². The summed E-state index contributed by atoms with van der Waals surface area (Å²) in [4.78, 5) is 32.6. The number of pyridine rings is 1. The highest BCUT2D eigenvalue weighted by Crippen LogP contribution is 2.23. The number of aromatic nitrogens is 5. The average Bonchev–Trinajstić information content (AvgIpc) is 3.39. The van der Waals surface area contributed by atoms with Crippen molar-refractivity contribution in [3.05, 3.63) is 78.1 Å². The summed E-state index contributed by atoms with van der Waals surface area (Å²) in [7, 11) is 0. The minimum Gasteiger partial charge on any atom is -0.478 e. The van der Waals surface area contributed by atoms with E-state index in [1.807, 2.05) is 30.3 Å². The quantitative estimate of drug-likeness (QED) is 0.150. The zero-order chi connectivity index (χ0) is 29.1. The standard InChI is InChI=1S/C23H27N7O2.C4H4O4/c1-15(2)19-13-27-30-21(19)28-22(25-12-18(32)14-31)29-23(30)26-11-16-6-8-17(9-7-16)20-5-3-4-10-24-20;5-3(6)1-2-4(7)8/h3-10,13,15,18,31-32H,11-12,14H2,1-2H3,(H2,25,26,28,29);1-2H,(H,5,6)(H,7,8)/t18-;/m1./s1. The van der Waals surface area contributed by atoms with Gasteiger partial charge in [-0.05, 0) is 23.6 Å². The van der Waals surface area contributed by atoms with Crippen LogP contribution in [0, 0.1) is 0 Å². The van der Waals surface area contributed by atoms with E-state index in [9.17, 15) is 14.7 Å². The molecule has 1 atom stereocenters. The van der Waals surface area contributed by atoms with Gasteiger partial charge < -0.3 is 31.1 Å². The van der Waals surface area contributed by atoms with E-state index in [-0.39, 0.29) is 19.1 Å². The lowest BCUT2D eigenvalue weighted by atomic mass is 10.1. The lowest BCUT2D eigenvalue weighted by Crippen LogP contribution is -2.24. The van der Waals surface area contributed by atoms with Crippen molar-refractivity contribution in [2.75, 3.05) is 23.8 Å². The number of nitrogens with zero attached hydrogens (tertiary/aromatic N) is 5. The summed E-state index contributed by atoms with van der Waals surface area (Å²) in [6.45, 7) is 4.52. The van der Waals surface area contributed by atoms with Crippen molar-refractivity contribution in [3.8, 4) is 11.3 Å². The summed E-state index contributed by atoms with van der Waals surface area (Å²) in [5.41, 5.74) is 4.77. The zero-order valence-corrected chi connectivity index (χ0v) is 22.0. The fourth-order valence-electron chi connectivity index (χ4n) is 3.42. The van der Waals surface area contributed by atoms with Crippen LogP contribution in [0.4, 0.5) is 11.9 Å². The lowest BCUT2D eigenvalue weighted by Gasteiger charge is -2.13. The third kappa shape index (κ3) is 8.58. The van der Waals surface area contributed by atoms with E-state index < -0.39 is 18.0 Å². The molecule has 210 valence electrons. The molecule has 0 spiro atoms. The van der Waals surface area contributed by atoms with Crippen LogP contribution in [0.5, 0.6) is 0 Å². The van der Waals surface area contributed by atoms with Crippen LogP contribution in [0.1, 0.15) is 30.9 Å². The van der Waals surface area contributed by atoms with Gasteiger partial charge in [0.15, 0.2) is 5.65 Å². The molecule has 6 N–H and O–H groups in total. The van der Waals surface area contributed by atoms with Gasteiger partial charge in [0.05, 0.1) is 24.6 Å². The molecule has 3 aromatic heterocycles. The molecule has 13 heteroatoms. The molecule has 40 heavy (non-hydrogen) atoms. The summed E-state index contributed by atoms with van der Waals surface area (Å²) in [5.74, 6) is -1.37. The molecule has 0 aliphatic carbocycles. The molecule has 0 aliphatic heterocycles. The number of hydrogen-bond acceptors (Lipinski definition) is 10. The van der Waals surface area contributed by atoms with Crippen molar-refractivity contribution in [1.82, 2.24) is 24.6 Å². The second kappa shape index (κ2) is 14.3. The van der Waals surface area contributed by atoms with Gasteiger partial charge in [0.1, 0.15) is 0 Å². The Bertz CT molecular complexity index is 1420. The third-order valence-corrected chi connectivity index (χ3v) is 5.46. The molecule has 0 amide bonds. The van der Waals surface area contributed by atoms with Gasteiger partial charge >= 0.3 is 11.9 Å². The van der Waals surface area contributed by atoms with Gasteiger partial charge in [-0.2, -0.15) is 19.6 Å². The summed E-state index contributed by atoms with van der Waals surface area (Å²) >= 11 is 0. The molecule has 0 saturated carbocycles. The smallest absolute Gasteiger partial charge is 0.328 e. The van der Waals surface area contributed by atoms with Gasteiger partial charge in [-0.15, -0.1) is 0 Å². The van der Waals surface area contributed by atoms with Crippen LogP contribution in [0.15, 0.2) is 67.0 Å². The van der Waals surface area contributed by atoms with E-state index in [1.165, 1.54) is 0 Å². The Balaban J connectivity index is 0.000000482. The van der Waals surface area contributed by atoms with Gasteiger partial charge in [-0.1, -0.05) is 44.2 Å². The molecule has 13 nitrogen and oxygen atoms in total. The number of benzene rings is 1. The SMILES string of the molecule is CC(C)c1cnn2c(NCc3ccc(-c4ccccn4)cc3)nc(NC[C@@H](O)CO)nc12.O=C(O)C=CC(=O)O. The van der Waals surface area contributed by atoms with E-state index in [1.54, 1.807) is 16.9 Å². The minimum atomic E-state index is -1.26. The first-order valence-electron chi connectivity index (χ1n) is 12.3. The zero-order valence-electron chi connectivity index (χ0n) is 22.0. The van der Waals surface area contributed by atoms with Crippen LogP contribution < -0.4 is 10.6 Å². The molecule has 3 heterocycles. The Hall–Kier alpha value is -4.88.